The summed E-state index contributed by atoms with van der Waals surface area (Å²) in [5.41, 5.74) is 1.84. The number of aliphatic hydroxyl groups excluding tert-OH is 1. The second kappa shape index (κ2) is 5.78. The standard InChI is InChI=1S/C15H18O2/c16-14-9-5-4-8-13(14)15(17)11-10-12-6-2-1-3-7-12/h1-3,6-8,15,17H,4-5,9-11H2/t15-/m1/s1. The van der Waals surface area contributed by atoms with Crippen molar-refractivity contribution in [2.75, 3.05) is 0 Å². The molecule has 2 heteroatoms. The van der Waals surface area contributed by atoms with Gasteiger partial charge in [-0.05, 0) is 31.2 Å². The summed E-state index contributed by atoms with van der Waals surface area (Å²) in [6, 6.07) is 10.1. The first kappa shape index (κ1) is 12.1. The molecule has 1 aliphatic rings. The van der Waals surface area contributed by atoms with E-state index in [0.29, 0.717) is 18.4 Å². The molecule has 0 bridgehead atoms. The first-order valence-electron chi connectivity index (χ1n) is 6.22. The Hall–Kier alpha value is -1.41. The van der Waals surface area contributed by atoms with Crippen LogP contribution >= 0.6 is 0 Å². The lowest BCUT2D eigenvalue weighted by molar-refractivity contribution is -0.117. The molecule has 0 amide bonds. The molecule has 0 saturated carbocycles. The van der Waals surface area contributed by atoms with E-state index in [9.17, 15) is 9.90 Å². The monoisotopic (exact) mass is 230 g/mol. The normalized spacial score (nSPS) is 17.7. The molecule has 1 atom stereocenters. The molecule has 0 spiro atoms. The number of allylic oxidation sites excluding steroid dienone is 1. The third-order valence-corrected chi connectivity index (χ3v) is 3.20. The van der Waals surface area contributed by atoms with Crippen LogP contribution in [-0.2, 0) is 11.2 Å². The topological polar surface area (TPSA) is 37.3 Å². The van der Waals surface area contributed by atoms with E-state index in [1.165, 1.54) is 5.56 Å². The fourth-order valence-corrected chi connectivity index (χ4v) is 2.20. The molecule has 0 aliphatic heterocycles. The minimum Gasteiger partial charge on any atom is -0.388 e. The summed E-state index contributed by atoms with van der Waals surface area (Å²) in [6.07, 6.45) is 5.18. The van der Waals surface area contributed by atoms with E-state index < -0.39 is 6.10 Å². The van der Waals surface area contributed by atoms with E-state index in [1.54, 1.807) is 0 Å². The molecule has 0 heterocycles. The first-order valence-corrected chi connectivity index (χ1v) is 6.22. The Morgan fingerprint density at radius 2 is 2.00 bits per heavy atom. The van der Waals surface area contributed by atoms with Gasteiger partial charge in [0.05, 0.1) is 6.10 Å². The number of benzene rings is 1. The van der Waals surface area contributed by atoms with Gasteiger partial charge in [-0.1, -0.05) is 36.4 Å². The summed E-state index contributed by atoms with van der Waals surface area (Å²) in [5, 5.41) is 10.0. The minimum atomic E-state index is -0.594. The molecule has 0 radical (unpaired) electrons. The van der Waals surface area contributed by atoms with Crippen LogP contribution in [0.5, 0.6) is 0 Å². The fraction of sp³-hybridized carbons (Fsp3) is 0.400. The molecule has 0 unspecified atom stereocenters. The van der Waals surface area contributed by atoms with Gasteiger partial charge in [-0.25, -0.2) is 0 Å². The van der Waals surface area contributed by atoms with E-state index >= 15 is 0 Å². The molecule has 2 nitrogen and oxygen atoms in total. The highest BCUT2D eigenvalue weighted by atomic mass is 16.3. The maximum absolute atomic E-state index is 11.6. The Morgan fingerprint density at radius 1 is 1.24 bits per heavy atom. The lowest BCUT2D eigenvalue weighted by atomic mass is 9.91. The second-order valence-electron chi connectivity index (χ2n) is 4.51. The number of rotatable bonds is 4. The van der Waals surface area contributed by atoms with Crippen molar-refractivity contribution in [3.05, 3.63) is 47.5 Å². The van der Waals surface area contributed by atoms with Crippen molar-refractivity contribution in [1.82, 2.24) is 0 Å². The molecule has 0 fully saturated rings. The summed E-state index contributed by atoms with van der Waals surface area (Å²) >= 11 is 0. The van der Waals surface area contributed by atoms with Gasteiger partial charge in [0.1, 0.15) is 0 Å². The highest BCUT2D eigenvalue weighted by Crippen LogP contribution is 2.20. The Kier molecular flexibility index (Phi) is 4.10. The Bertz CT molecular complexity index is 406. The Balaban J connectivity index is 1.91. The van der Waals surface area contributed by atoms with E-state index in [1.807, 2.05) is 36.4 Å². The third kappa shape index (κ3) is 3.27. The third-order valence-electron chi connectivity index (χ3n) is 3.20. The molecule has 1 aromatic carbocycles. The minimum absolute atomic E-state index is 0.122. The zero-order valence-electron chi connectivity index (χ0n) is 9.93. The van der Waals surface area contributed by atoms with Crippen molar-refractivity contribution < 1.29 is 9.90 Å². The highest BCUT2D eigenvalue weighted by molar-refractivity contribution is 5.96. The second-order valence-corrected chi connectivity index (χ2v) is 4.51. The predicted octanol–water partition coefficient (Wildman–Crippen LogP) is 2.66. The molecule has 17 heavy (non-hydrogen) atoms. The van der Waals surface area contributed by atoms with Crippen LogP contribution in [0.15, 0.2) is 42.0 Å². The van der Waals surface area contributed by atoms with Gasteiger partial charge < -0.3 is 5.11 Å². The highest BCUT2D eigenvalue weighted by Gasteiger charge is 2.20. The molecule has 0 aromatic heterocycles. The molecule has 1 N–H and O–H groups in total. The number of carbonyl (C=O) groups is 1. The predicted molar refractivity (Wildman–Crippen MR) is 67.7 cm³/mol. The van der Waals surface area contributed by atoms with Crippen molar-refractivity contribution in [2.24, 2.45) is 0 Å². The lowest BCUT2D eigenvalue weighted by Crippen LogP contribution is -2.21. The van der Waals surface area contributed by atoms with Gasteiger partial charge in [0.25, 0.3) is 0 Å². The van der Waals surface area contributed by atoms with Crippen LogP contribution in [0.2, 0.25) is 0 Å². The lowest BCUT2D eigenvalue weighted by Gasteiger charge is -2.17. The number of aryl methyl sites for hydroxylation is 1. The number of Topliss-reactive ketones (excluding diaryl/α,β-unsaturated/α-hetero) is 1. The summed E-state index contributed by atoms with van der Waals surface area (Å²) < 4.78 is 0. The molecule has 1 aromatic rings. The number of aliphatic hydroxyl groups is 1. The fourth-order valence-electron chi connectivity index (χ4n) is 2.20. The average molecular weight is 230 g/mol. The van der Waals surface area contributed by atoms with E-state index in [4.69, 9.17) is 0 Å². The number of hydrogen-bond acceptors (Lipinski definition) is 2. The smallest absolute Gasteiger partial charge is 0.161 e. The van der Waals surface area contributed by atoms with Crippen molar-refractivity contribution in [3.63, 3.8) is 0 Å². The zero-order valence-corrected chi connectivity index (χ0v) is 9.93. The van der Waals surface area contributed by atoms with E-state index in [-0.39, 0.29) is 5.78 Å². The van der Waals surface area contributed by atoms with E-state index in [2.05, 4.69) is 0 Å². The van der Waals surface area contributed by atoms with Crippen LogP contribution in [0, 0.1) is 0 Å². The quantitative estimate of drug-likeness (QED) is 0.863. The molecular formula is C15H18O2. The van der Waals surface area contributed by atoms with Crippen molar-refractivity contribution in [2.45, 2.75) is 38.2 Å². The summed E-state index contributed by atoms with van der Waals surface area (Å²) in [5.74, 6) is 0.122. The van der Waals surface area contributed by atoms with Crippen LogP contribution < -0.4 is 0 Å². The number of ketones is 1. The van der Waals surface area contributed by atoms with E-state index in [0.717, 1.165) is 19.3 Å². The summed E-state index contributed by atoms with van der Waals surface area (Å²) in [4.78, 5) is 11.6. The van der Waals surface area contributed by atoms with Gasteiger partial charge >= 0.3 is 0 Å². The van der Waals surface area contributed by atoms with Crippen LogP contribution in [0.25, 0.3) is 0 Å². The largest absolute Gasteiger partial charge is 0.388 e. The number of hydrogen-bond donors (Lipinski definition) is 1. The maximum Gasteiger partial charge on any atom is 0.161 e. The summed E-state index contributed by atoms with van der Waals surface area (Å²) in [7, 11) is 0. The van der Waals surface area contributed by atoms with Crippen LogP contribution in [0.1, 0.15) is 31.2 Å². The van der Waals surface area contributed by atoms with Crippen molar-refractivity contribution in [1.29, 1.82) is 0 Å². The van der Waals surface area contributed by atoms with Gasteiger partial charge in [0, 0.05) is 12.0 Å². The maximum atomic E-state index is 11.6. The first-order chi connectivity index (χ1) is 8.27. The Morgan fingerprint density at radius 3 is 2.71 bits per heavy atom. The van der Waals surface area contributed by atoms with Gasteiger partial charge in [-0.2, -0.15) is 0 Å². The summed E-state index contributed by atoms with van der Waals surface area (Å²) in [6.45, 7) is 0. The molecule has 0 saturated heterocycles. The molecule has 90 valence electrons. The van der Waals surface area contributed by atoms with Gasteiger partial charge in [-0.3, -0.25) is 4.79 Å². The molecular weight excluding hydrogens is 212 g/mol. The molecule has 2 rings (SSSR count). The average Bonchev–Trinajstić information content (AvgIpc) is 2.38. The van der Waals surface area contributed by atoms with Crippen molar-refractivity contribution in [3.8, 4) is 0 Å². The number of carbonyl (C=O) groups excluding carboxylic acids is 1. The Labute approximate surface area is 102 Å². The van der Waals surface area contributed by atoms with Crippen molar-refractivity contribution >= 4 is 5.78 Å². The van der Waals surface area contributed by atoms with Crippen LogP contribution in [0.4, 0.5) is 0 Å². The van der Waals surface area contributed by atoms with Gasteiger partial charge in [0.15, 0.2) is 5.78 Å². The van der Waals surface area contributed by atoms with Gasteiger partial charge in [-0.15, -0.1) is 0 Å². The van der Waals surface area contributed by atoms with Crippen LogP contribution in [0.3, 0.4) is 0 Å². The van der Waals surface area contributed by atoms with Crippen LogP contribution in [-0.4, -0.2) is 17.0 Å². The zero-order chi connectivity index (χ0) is 12.1. The SMILES string of the molecule is O=C1CCCC=C1[C@H](O)CCc1ccccc1. The molecule has 1 aliphatic carbocycles. The van der Waals surface area contributed by atoms with Gasteiger partial charge in [0.2, 0.25) is 0 Å².